The number of nitrogens with one attached hydrogen (secondary N) is 1. The number of carbonyl (C=O) groups is 1. The first-order chi connectivity index (χ1) is 16.6. The second kappa shape index (κ2) is 11.1. The van der Waals surface area contributed by atoms with E-state index in [1.165, 1.54) is 10.7 Å². The summed E-state index contributed by atoms with van der Waals surface area (Å²) in [5.74, 6) is 0.685. The second-order valence-corrected chi connectivity index (χ2v) is 7.93. The number of amides is 1. The molecule has 6 nitrogen and oxygen atoms in total. The standard InChI is InChI=1S/C28H27N3O3/c1-34-24-16-14-21(15-17-24)25-18-19-27(33)31(30-25)20-8-13-26(32)29-28(22-9-4-2-5-10-22)23-11-6-3-7-12-23/h2-7,9-12,14-19,28H,8,13,20H2,1H3,(H,29,32). The summed E-state index contributed by atoms with van der Waals surface area (Å²) in [6.45, 7) is 0.359. The van der Waals surface area contributed by atoms with Gasteiger partial charge in [-0.3, -0.25) is 9.59 Å². The molecule has 0 unspecified atom stereocenters. The van der Waals surface area contributed by atoms with Crippen LogP contribution in [-0.2, 0) is 11.3 Å². The lowest BCUT2D eigenvalue weighted by Crippen LogP contribution is -2.30. The Kier molecular flexibility index (Phi) is 7.50. The van der Waals surface area contributed by atoms with E-state index in [2.05, 4.69) is 10.4 Å². The summed E-state index contributed by atoms with van der Waals surface area (Å²) >= 11 is 0. The van der Waals surface area contributed by atoms with Crippen molar-refractivity contribution in [1.82, 2.24) is 15.1 Å². The van der Waals surface area contributed by atoms with E-state index in [1.807, 2.05) is 84.9 Å². The third kappa shape index (κ3) is 5.78. The normalized spacial score (nSPS) is 10.8. The Morgan fingerprint density at radius 1 is 0.882 bits per heavy atom. The molecule has 0 bridgehead atoms. The largest absolute Gasteiger partial charge is 0.497 e. The number of hydrogen-bond acceptors (Lipinski definition) is 4. The number of benzene rings is 3. The van der Waals surface area contributed by atoms with Gasteiger partial charge in [0.05, 0.1) is 18.8 Å². The van der Waals surface area contributed by atoms with E-state index in [1.54, 1.807) is 13.2 Å². The number of rotatable bonds is 9. The topological polar surface area (TPSA) is 73.2 Å². The van der Waals surface area contributed by atoms with Gasteiger partial charge >= 0.3 is 0 Å². The van der Waals surface area contributed by atoms with Gasteiger partial charge in [-0.1, -0.05) is 60.7 Å². The SMILES string of the molecule is COc1ccc(-c2ccc(=O)n(CCCC(=O)NC(c3ccccc3)c3ccccc3)n2)cc1. The van der Waals surface area contributed by atoms with Gasteiger partial charge in [-0.05, 0) is 47.9 Å². The van der Waals surface area contributed by atoms with E-state index in [0.29, 0.717) is 18.7 Å². The first-order valence-corrected chi connectivity index (χ1v) is 11.3. The number of methoxy groups -OCH3 is 1. The van der Waals surface area contributed by atoms with Gasteiger partial charge in [0.25, 0.3) is 5.56 Å². The van der Waals surface area contributed by atoms with E-state index < -0.39 is 0 Å². The van der Waals surface area contributed by atoms with Gasteiger partial charge in [-0.2, -0.15) is 5.10 Å². The van der Waals surface area contributed by atoms with Crippen LogP contribution in [0.4, 0.5) is 0 Å². The minimum atomic E-state index is -0.228. The Morgan fingerprint density at radius 3 is 2.09 bits per heavy atom. The van der Waals surface area contributed by atoms with Crippen molar-refractivity contribution >= 4 is 5.91 Å². The predicted octanol–water partition coefficient (Wildman–Crippen LogP) is 4.60. The molecule has 0 fully saturated rings. The molecular formula is C28H27N3O3. The molecule has 1 heterocycles. The van der Waals surface area contributed by atoms with E-state index in [-0.39, 0.29) is 23.9 Å². The molecule has 34 heavy (non-hydrogen) atoms. The van der Waals surface area contributed by atoms with Crippen LogP contribution in [0.15, 0.2) is 102 Å². The predicted molar refractivity (Wildman–Crippen MR) is 133 cm³/mol. The molecule has 3 aromatic carbocycles. The van der Waals surface area contributed by atoms with E-state index >= 15 is 0 Å². The zero-order valence-corrected chi connectivity index (χ0v) is 19.1. The van der Waals surface area contributed by atoms with Gasteiger partial charge in [-0.25, -0.2) is 4.68 Å². The molecule has 6 heteroatoms. The lowest BCUT2D eigenvalue weighted by atomic mass is 9.98. The van der Waals surface area contributed by atoms with Crippen LogP contribution in [-0.4, -0.2) is 22.8 Å². The number of nitrogens with zero attached hydrogens (tertiary/aromatic N) is 2. The first kappa shape index (κ1) is 23.0. The molecule has 0 radical (unpaired) electrons. The van der Waals surface area contributed by atoms with Crippen LogP contribution >= 0.6 is 0 Å². The third-order valence-electron chi connectivity index (χ3n) is 5.60. The highest BCUT2D eigenvalue weighted by atomic mass is 16.5. The smallest absolute Gasteiger partial charge is 0.266 e. The minimum absolute atomic E-state index is 0.0722. The van der Waals surface area contributed by atoms with Crippen LogP contribution in [0, 0.1) is 0 Å². The summed E-state index contributed by atoms with van der Waals surface area (Å²) in [6, 6.07) is 30.3. The van der Waals surface area contributed by atoms with Gasteiger partial charge in [0.1, 0.15) is 5.75 Å². The third-order valence-corrected chi connectivity index (χ3v) is 5.60. The molecule has 0 aliphatic carbocycles. The number of aromatic nitrogens is 2. The van der Waals surface area contributed by atoms with Gasteiger partial charge in [-0.15, -0.1) is 0 Å². The van der Waals surface area contributed by atoms with Crippen molar-refractivity contribution in [2.24, 2.45) is 0 Å². The molecule has 1 amide bonds. The highest BCUT2D eigenvalue weighted by Crippen LogP contribution is 2.22. The van der Waals surface area contributed by atoms with Crippen molar-refractivity contribution in [3.05, 3.63) is 119 Å². The van der Waals surface area contributed by atoms with Crippen LogP contribution in [0.2, 0.25) is 0 Å². The fourth-order valence-electron chi connectivity index (χ4n) is 3.80. The Bertz CT molecular complexity index is 1230. The zero-order chi connectivity index (χ0) is 23.8. The average Bonchev–Trinajstić information content (AvgIpc) is 2.89. The van der Waals surface area contributed by atoms with Crippen LogP contribution in [0.25, 0.3) is 11.3 Å². The molecule has 0 saturated carbocycles. The highest BCUT2D eigenvalue weighted by Gasteiger charge is 2.16. The maximum Gasteiger partial charge on any atom is 0.266 e. The molecule has 1 N–H and O–H groups in total. The van der Waals surface area contributed by atoms with Crippen LogP contribution in [0.3, 0.4) is 0 Å². The van der Waals surface area contributed by atoms with Gasteiger partial charge < -0.3 is 10.1 Å². The molecule has 0 saturated heterocycles. The van der Waals surface area contributed by atoms with Crippen molar-refractivity contribution in [3.63, 3.8) is 0 Å². The summed E-state index contributed by atoms with van der Waals surface area (Å²) in [5, 5.41) is 7.62. The van der Waals surface area contributed by atoms with E-state index in [0.717, 1.165) is 22.4 Å². The molecule has 172 valence electrons. The summed E-state index contributed by atoms with van der Waals surface area (Å²) in [4.78, 5) is 25.1. The maximum atomic E-state index is 12.8. The molecule has 4 rings (SSSR count). The average molecular weight is 454 g/mol. The van der Waals surface area contributed by atoms with Crippen molar-refractivity contribution in [1.29, 1.82) is 0 Å². The van der Waals surface area contributed by atoms with Crippen LogP contribution < -0.4 is 15.6 Å². The van der Waals surface area contributed by atoms with Crippen molar-refractivity contribution in [2.45, 2.75) is 25.4 Å². The summed E-state index contributed by atoms with van der Waals surface area (Å²) in [7, 11) is 1.62. The van der Waals surface area contributed by atoms with Gasteiger partial charge in [0.2, 0.25) is 5.91 Å². The fraction of sp³-hybridized carbons (Fsp3) is 0.179. The van der Waals surface area contributed by atoms with E-state index in [4.69, 9.17) is 4.74 Å². The summed E-state index contributed by atoms with van der Waals surface area (Å²) in [6.07, 6.45) is 0.790. The van der Waals surface area contributed by atoms with Gasteiger partial charge in [0.15, 0.2) is 0 Å². The molecule has 1 aromatic heterocycles. The Labute approximate surface area is 198 Å². The molecule has 0 spiro atoms. The summed E-state index contributed by atoms with van der Waals surface area (Å²) < 4.78 is 6.61. The van der Waals surface area contributed by atoms with Crippen molar-refractivity contribution in [3.8, 4) is 17.0 Å². The quantitative estimate of drug-likeness (QED) is 0.402. The Hall–Kier alpha value is -4.19. The van der Waals surface area contributed by atoms with Gasteiger partial charge in [0, 0.05) is 24.6 Å². The molecular weight excluding hydrogens is 426 g/mol. The van der Waals surface area contributed by atoms with Crippen LogP contribution in [0.1, 0.15) is 30.0 Å². The summed E-state index contributed by atoms with van der Waals surface area (Å²) in [5.41, 5.74) is 3.43. The second-order valence-electron chi connectivity index (χ2n) is 7.93. The monoisotopic (exact) mass is 453 g/mol. The van der Waals surface area contributed by atoms with E-state index in [9.17, 15) is 9.59 Å². The Balaban J connectivity index is 1.40. The number of hydrogen-bond donors (Lipinski definition) is 1. The van der Waals surface area contributed by atoms with Crippen molar-refractivity contribution in [2.75, 3.05) is 7.11 Å². The molecule has 0 aliphatic rings. The fourth-order valence-corrected chi connectivity index (χ4v) is 3.80. The minimum Gasteiger partial charge on any atom is -0.497 e. The number of carbonyl (C=O) groups excluding carboxylic acids is 1. The molecule has 0 aliphatic heterocycles. The Morgan fingerprint density at radius 2 is 1.50 bits per heavy atom. The molecule has 4 aromatic rings. The van der Waals surface area contributed by atoms with Crippen molar-refractivity contribution < 1.29 is 9.53 Å². The van der Waals surface area contributed by atoms with Crippen LogP contribution in [0.5, 0.6) is 5.75 Å². The highest BCUT2D eigenvalue weighted by molar-refractivity contribution is 5.77. The molecule has 0 atom stereocenters. The zero-order valence-electron chi connectivity index (χ0n) is 19.1. The lowest BCUT2D eigenvalue weighted by Gasteiger charge is -2.20. The number of aryl methyl sites for hydroxylation is 1. The maximum absolute atomic E-state index is 12.8. The first-order valence-electron chi connectivity index (χ1n) is 11.3. The lowest BCUT2D eigenvalue weighted by molar-refractivity contribution is -0.121. The number of ether oxygens (including phenoxy) is 1.